The molecule has 1 aliphatic rings. The standard InChI is InChI=1S/C8H12N2S/c1-5-4-10-6(2)7(3)11-8(10)9-5/h4,6-7H,1-3H3. The summed E-state index contributed by atoms with van der Waals surface area (Å²) < 4.78 is 2.27. The van der Waals surface area contributed by atoms with Crippen molar-refractivity contribution in [2.75, 3.05) is 0 Å². The number of aromatic nitrogens is 2. The van der Waals surface area contributed by atoms with Gasteiger partial charge in [0, 0.05) is 17.5 Å². The molecule has 60 valence electrons. The summed E-state index contributed by atoms with van der Waals surface area (Å²) in [4.78, 5) is 4.42. The maximum Gasteiger partial charge on any atom is 0.168 e. The van der Waals surface area contributed by atoms with Gasteiger partial charge in [0.05, 0.1) is 5.69 Å². The van der Waals surface area contributed by atoms with Crippen molar-refractivity contribution in [1.29, 1.82) is 0 Å². The highest BCUT2D eigenvalue weighted by Crippen LogP contribution is 2.38. The van der Waals surface area contributed by atoms with Crippen LogP contribution in [0.5, 0.6) is 0 Å². The van der Waals surface area contributed by atoms with Gasteiger partial charge < -0.3 is 4.57 Å². The molecule has 0 amide bonds. The number of nitrogens with zero attached hydrogens (tertiary/aromatic N) is 2. The van der Waals surface area contributed by atoms with E-state index in [1.54, 1.807) is 0 Å². The van der Waals surface area contributed by atoms with E-state index in [2.05, 4.69) is 29.6 Å². The van der Waals surface area contributed by atoms with Crippen LogP contribution in [-0.2, 0) is 0 Å². The molecule has 2 atom stereocenters. The Kier molecular flexibility index (Phi) is 1.49. The van der Waals surface area contributed by atoms with E-state index in [0.717, 1.165) is 5.69 Å². The van der Waals surface area contributed by atoms with Gasteiger partial charge in [-0.3, -0.25) is 0 Å². The molecule has 0 fully saturated rings. The first-order chi connectivity index (χ1) is 5.18. The summed E-state index contributed by atoms with van der Waals surface area (Å²) in [5.74, 6) is 0. The molecule has 0 aromatic carbocycles. The van der Waals surface area contributed by atoms with Gasteiger partial charge in [0.25, 0.3) is 0 Å². The molecule has 0 spiro atoms. The summed E-state index contributed by atoms with van der Waals surface area (Å²) in [6.07, 6.45) is 2.14. The molecule has 0 aliphatic carbocycles. The molecule has 0 radical (unpaired) electrons. The minimum Gasteiger partial charge on any atom is -0.322 e. The molecule has 0 saturated carbocycles. The predicted molar refractivity (Wildman–Crippen MR) is 47.0 cm³/mol. The van der Waals surface area contributed by atoms with E-state index in [1.165, 1.54) is 5.16 Å². The molecule has 2 nitrogen and oxygen atoms in total. The Morgan fingerprint density at radius 1 is 1.55 bits per heavy atom. The number of aryl methyl sites for hydroxylation is 1. The summed E-state index contributed by atoms with van der Waals surface area (Å²) in [6, 6.07) is 0.608. The first-order valence-corrected chi connectivity index (χ1v) is 4.78. The minimum atomic E-state index is 0.608. The molecular weight excluding hydrogens is 156 g/mol. The van der Waals surface area contributed by atoms with Gasteiger partial charge in [0.2, 0.25) is 0 Å². The van der Waals surface area contributed by atoms with Crippen LogP contribution < -0.4 is 0 Å². The lowest BCUT2D eigenvalue weighted by molar-refractivity contribution is 0.531. The first kappa shape index (κ1) is 7.22. The van der Waals surface area contributed by atoms with Crippen LogP contribution in [0.15, 0.2) is 11.4 Å². The smallest absolute Gasteiger partial charge is 0.168 e. The number of rotatable bonds is 0. The summed E-state index contributed by atoms with van der Waals surface area (Å²) in [5.41, 5.74) is 1.13. The summed E-state index contributed by atoms with van der Waals surface area (Å²) >= 11 is 1.87. The van der Waals surface area contributed by atoms with Gasteiger partial charge in [0.15, 0.2) is 5.16 Å². The van der Waals surface area contributed by atoms with Crippen molar-refractivity contribution in [2.45, 2.75) is 37.2 Å². The van der Waals surface area contributed by atoms with Gasteiger partial charge in [-0.2, -0.15) is 0 Å². The third-order valence-corrected chi connectivity index (χ3v) is 3.51. The third kappa shape index (κ3) is 0.984. The SMILES string of the molecule is Cc1cn2c(n1)SC(C)C2C. The third-order valence-electron chi connectivity index (χ3n) is 2.23. The zero-order valence-corrected chi connectivity index (χ0v) is 7.85. The largest absolute Gasteiger partial charge is 0.322 e. The van der Waals surface area contributed by atoms with Crippen LogP contribution in [0, 0.1) is 6.92 Å². The van der Waals surface area contributed by atoms with E-state index in [4.69, 9.17) is 0 Å². The fourth-order valence-corrected chi connectivity index (χ4v) is 2.56. The highest BCUT2D eigenvalue weighted by atomic mass is 32.2. The van der Waals surface area contributed by atoms with Gasteiger partial charge in [-0.15, -0.1) is 0 Å². The van der Waals surface area contributed by atoms with Crippen LogP contribution in [0.4, 0.5) is 0 Å². The maximum absolute atomic E-state index is 4.42. The summed E-state index contributed by atoms with van der Waals surface area (Å²) in [6.45, 7) is 6.54. The van der Waals surface area contributed by atoms with E-state index >= 15 is 0 Å². The Morgan fingerprint density at radius 2 is 2.27 bits per heavy atom. The number of hydrogen-bond donors (Lipinski definition) is 0. The lowest BCUT2D eigenvalue weighted by atomic mass is 10.2. The van der Waals surface area contributed by atoms with Gasteiger partial charge in [-0.1, -0.05) is 18.7 Å². The number of hydrogen-bond acceptors (Lipinski definition) is 2. The van der Waals surface area contributed by atoms with Crippen molar-refractivity contribution < 1.29 is 0 Å². The minimum absolute atomic E-state index is 0.608. The Morgan fingerprint density at radius 3 is 2.91 bits per heavy atom. The molecule has 0 saturated heterocycles. The van der Waals surface area contributed by atoms with Crippen molar-refractivity contribution >= 4 is 11.8 Å². The highest BCUT2D eigenvalue weighted by molar-refractivity contribution is 8.00. The zero-order valence-electron chi connectivity index (χ0n) is 7.03. The van der Waals surface area contributed by atoms with Crippen LogP contribution in [-0.4, -0.2) is 14.8 Å². The molecule has 3 heteroatoms. The van der Waals surface area contributed by atoms with Crippen LogP contribution in [0.1, 0.15) is 25.6 Å². The van der Waals surface area contributed by atoms with Crippen LogP contribution in [0.25, 0.3) is 0 Å². The fraction of sp³-hybridized carbons (Fsp3) is 0.625. The normalized spacial score (nSPS) is 29.0. The second kappa shape index (κ2) is 2.27. The molecule has 2 rings (SSSR count). The monoisotopic (exact) mass is 168 g/mol. The maximum atomic E-state index is 4.42. The summed E-state index contributed by atoms with van der Waals surface area (Å²) in [7, 11) is 0. The Hall–Kier alpha value is -0.440. The van der Waals surface area contributed by atoms with E-state index in [9.17, 15) is 0 Å². The Balaban J connectivity index is 2.44. The predicted octanol–water partition coefficient (Wildman–Crippen LogP) is 2.25. The second-order valence-corrected chi connectivity index (χ2v) is 4.48. The summed E-state index contributed by atoms with van der Waals surface area (Å²) in [5, 5.41) is 1.86. The van der Waals surface area contributed by atoms with E-state index in [1.807, 2.05) is 18.7 Å². The van der Waals surface area contributed by atoms with Gasteiger partial charge in [0.1, 0.15) is 0 Å². The molecule has 1 aliphatic heterocycles. The van der Waals surface area contributed by atoms with E-state index in [0.29, 0.717) is 11.3 Å². The number of thioether (sulfide) groups is 1. The Labute approximate surface area is 71.0 Å². The van der Waals surface area contributed by atoms with Crippen molar-refractivity contribution in [3.63, 3.8) is 0 Å². The van der Waals surface area contributed by atoms with Gasteiger partial charge >= 0.3 is 0 Å². The average molecular weight is 168 g/mol. The lowest BCUT2D eigenvalue weighted by Crippen LogP contribution is -2.06. The van der Waals surface area contributed by atoms with Crippen molar-refractivity contribution in [1.82, 2.24) is 9.55 Å². The topological polar surface area (TPSA) is 17.8 Å². The molecule has 0 bridgehead atoms. The van der Waals surface area contributed by atoms with Crippen molar-refractivity contribution in [3.8, 4) is 0 Å². The van der Waals surface area contributed by atoms with Crippen molar-refractivity contribution in [2.24, 2.45) is 0 Å². The molecule has 11 heavy (non-hydrogen) atoms. The molecule has 0 N–H and O–H groups in total. The quantitative estimate of drug-likeness (QED) is 0.591. The van der Waals surface area contributed by atoms with Crippen LogP contribution in [0.3, 0.4) is 0 Å². The molecule has 2 heterocycles. The molecule has 1 aromatic rings. The van der Waals surface area contributed by atoms with Crippen LogP contribution in [0.2, 0.25) is 0 Å². The Bertz CT molecular complexity index is 280. The van der Waals surface area contributed by atoms with E-state index in [-0.39, 0.29) is 0 Å². The lowest BCUT2D eigenvalue weighted by Gasteiger charge is -2.08. The van der Waals surface area contributed by atoms with Crippen molar-refractivity contribution in [3.05, 3.63) is 11.9 Å². The first-order valence-electron chi connectivity index (χ1n) is 3.90. The fourth-order valence-electron chi connectivity index (χ4n) is 1.36. The number of imidazole rings is 1. The highest BCUT2D eigenvalue weighted by Gasteiger charge is 2.27. The number of fused-ring (bicyclic) bond motifs is 1. The zero-order chi connectivity index (χ0) is 8.01. The van der Waals surface area contributed by atoms with Crippen LogP contribution >= 0.6 is 11.8 Å². The van der Waals surface area contributed by atoms with E-state index < -0.39 is 0 Å². The molecule has 2 unspecified atom stereocenters. The van der Waals surface area contributed by atoms with Gasteiger partial charge in [-0.05, 0) is 13.8 Å². The second-order valence-electron chi connectivity index (χ2n) is 3.14. The molecular formula is C8H12N2S. The van der Waals surface area contributed by atoms with Gasteiger partial charge in [-0.25, -0.2) is 4.98 Å². The molecule has 1 aromatic heterocycles. The average Bonchev–Trinajstić information content (AvgIpc) is 2.37.